The Hall–Kier alpha value is -1.42. The van der Waals surface area contributed by atoms with Gasteiger partial charge in [-0.1, -0.05) is 19.3 Å². The lowest BCUT2D eigenvalue weighted by atomic mass is 9.95. The summed E-state index contributed by atoms with van der Waals surface area (Å²) < 4.78 is 12.8. The number of carbonyl (C=O) groups is 1. The van der Waals surface area contributed by atoms with E-state index in [0.29, 0.717) is 5.56 Å². The number of amides is 1. The molecule has 1 aliphatic rings. The topological polar surface area (TPSA) is 49.3 Å². The van der Waals surface area contributed by atoms with Crippen molar-refractivity contribution in [3.8, 4) is 0 Å². The van der Waals surface area contributed by atoms with E-state index in [0.717, 1.165) is 32.1 Å². The Kier molecular flexibility index (Phi) is 4.91. The number of halogens is 1. The van der Waals surface area contributed by atoms with Gasteiger partial charge in [-0.3, -0.25) is 4.79 Å². The minimum Gasteiger partial charge on any atom is -0.396 e. The number of benzene rings is 1. The molecule has 0 heterocycles. The van der Waals surface area contributed by atoms with Gasteiger partial charge in [0.25, 0.3) is 5.91 Å². The zero-order valence-electron chi connectivity index (χ0n) is 10.9. The lowest BCUT2D eigenvalue weighted by molar-refractivity contribution is 0.0899. The monoisotopic (exact) mass is 265 g/mol. The third kappa shape index (κ3) is 3.77. The van der Waals surface area contributed by atoms with E-state index in [1.54, 1.807) is 0 Å². The van der Waals surface area contributed by atoms with Gasteiger partial charge >= 0.3 is 0 Å². The summed E-state index contributed by atoms with van der Waals surface area (Å²) in [4.78, 5) is 12.1. The molecule has 0 spiro atoms. The lowest BCUT2D eigenvalue weighted by Gasteiger charge is -2.24. The molecule has 1 saturated carbocycles. The molecule has 1 amide bonds. The van der Waals surface area contributed by atoms with Crippen LogP contribution in [-0.2, 0) is 0 Å². The van der Waals surface area contributed by atoms with Crippen LogP contribution >= 0.6 is 0 Å². The Balaban J connectivity index is 2.01. The first-order valence-electron chi connectivity index (χ1n) is 6.88. The molecule has 1 aromatic rings. The fraction of sp³-hybridized carbons (Fsp3) is 0.533. The maximum atomic E-state index is 12.8. The van der Waals surface area contributed by atoms with Gasteiger partial charge < -0.3 is 10.4 Å². The number of hydrogen-bond donors (Lipinski definition) is 2. The standard InChI is InChI=1S/C15H20FNO2/c16-13-8-6-11(7-9-13)15(19)17-14-5-3-1-2-4-12(14)10-18/h6-9,12,14,18H,1-5,10H2,(H,17,19). The van der Waals surface area contributed by atoms with Crippen molar-refractivity contribution in [2.24, 2.45) is 5.92 Å². The molecule has 0 saturated heterocycles. The number of hydrogen-bond acceptors (Lipinski definition) is 2. The van der Waals surface area contributed by atoms with Crippen LogP contribution in [0.15, 0.2) is 24.3 Å². The summed E-state index contributed by atoms with van der Waals surface area (Å²) in [5, 5.41) is 12.4. The number of aliphatic hydroxyl groups excluding tert-OH is 1. The van der Waals surface area contributed by atoms with Gasteiger partial charge in [-0.25, -0.2) is 4.39 Å². The van der Waals surface area contributed by atoms with Gasteiger partial charge in [0.1, 0.15) is 5.82 Å². The average molecular weight is 265 g/mol. The van der Waals surface area contributed by atoms with Crippen LogP contribution in [0.2, 0.25) is 0 Å². The van der Waals surface area contributed by atoms with Crippen molar-refractivity contribution in [2.75, 3.05) is 6.61 Å². The second-order valence-electron chi connectivity index (χ2n) is 5.17. The summed E-state index contributed by atoms with van der Waals surface area (Å²) in [6.07, 6.45) is 5.18. The van der Waals surface area contributed by atoms with Crippen LogP contribution in [0.4, 0.5) is 4.39 Å². The highest BCUT2D eigenvalue weighted by molar-refractivity contribution is 5.94. The van der Waals surface area contributed by atoms with E-state index in [1.165, 1.54) is 24.3 Å². The van der Waals surface area contributed by atoms with Crippen molar-refractivity contribution in [3.63, 3.8) is 0 Å². The SMILES string of the molecule is O=C(NC1CCCCCC1CO)c1ccc(F)cc1. The predicted octanol–water partition coefficient (Wildman–Crippen LogP) is 2.50. The molecule has 1 aliphatic carbocycles. The van der Waals surface area contributed by atoms with Gasteiger partial charge in [0.15, 0.2) is 0 Å². The second-order valence-corrected chi connectivity index (χ2v) is 5.17. The first-order valence-corrected chi connectivity index (χ1v) is 6.88. The summed E-state index contributed by atoms with van der Waals surface area (Å²) in [7, 11) is 0. The van der Waals surface area contributed by atoms with Crippen molar-refractivity contribution in [2.45, 2.75) is 38.1 Å². The fourth-order valence-corrected chi connectivity index (χ4v) is 2.65. The Labute approximate surface area is 112 Å². The average Bonchev–Trinajstić information content (AvgIpc) is 2.64. The molecule has 2 N–H and O–H groups in total. The minimum atomic E-state index is -0.348. The molecule has 104 valence electrons. The summed E-state index contributed by atoms with van der Waals surface area (Å²) >= 11 is 0. The van der Waals surface area contributed by atoms with Crippen LogP contribution in [0.25, 0.3) is 0 Å². The highest BCUT2D eigenvalue weighted by Gasteiger charge is 2.24. The van der Waals surface area contributed by atoms with Crippen molar-refractivity contribution in [1.82, 2.24) is 5.32 Å². The van der Waals surface area contributed by atoms with E-state index in [1.807, 2.05) is 0 Å². The van der Waals surface area contributed by atoms with E-state index in [-0.39, 0.29) is 30.3 Å². The molecule has 2 atom stereocenters. The van der Waals surface area contributed by atoms with Crippen molar-refractivity contribution in [3.05, 3.63) is 35.6 Å². The summed E-state index contributed by atoms with van der Waals surface area (Å²) in [6.45, 7) is 0.106. The zero-order valence-corrected chi connectivity index (χ0v) is 10.9. The van der Waals surface area contributed by atoms with Crippen LogP contribution in [0, 0.1) is 11.7 Å². The van der Waals surface area contributed by atoms with Gasteiger partial charge in [0.2, 0.25) is 0 Å². The van der Waals surface area contributed by atoms with Gasteiger partial charge in [0.05, 0.1) is 0 Å². The molecular weight excluding hydrogens is 245 g/mol. The lowest BCUT2D eigenvalue weighted by Crippen LogP contribution is -2.41. The van der Waals surface area contributed by atoms with Gasteiger partial charge in [-0.2, -0.15) is 0 Å². The maximum Gasteiger partial charge on any atom is 0.251 e. The largest absolute Gasteiger partial charge is 0.396 e. The van der Waals surface area contributed by atoms with Gasteiger partial charge in [0, 0.05) is 24.1 Å². The number of nitrogens with one attached hydrogen (secondary N) is 1. The number of aliphatic hydroxyl groups is 1. The number of rotatable bonds is 3. The molecule has 0 radical (unpaired) electrons. The van der Waals surface area contributed by atoms with Gasteiger partial charge in [-0.15, -0.1) is 0 Å². The highest BCUT2D eigenvalue weighted by atomic mass is 19.1. The molecule has 0 bridgehead atoms. The Morgan fingerprint density at radius 3 is 2.58 bits per heavy atom. The molecule has 0 aromatic heterocycles. The second kappa shape index (κ2) is 6.66. The number of carbonyl (C=O) groups excluding carboxylic acids is 1. The minimum absolute atomic E-state index is 0.0186. The Morgan fingerprint density at radius 1 is 1.21 bits per heavy atom. The van der Waals surface area contributed by atoms with E-state index >= 15 is 0 Å². The van der Waals surface area contributed by atoms with Crippen molar-refractivity contribution < 1.29 is 14.3 Å². The van der Waals surface area contributed by atoms with Crippen molar-refractivity contribution >= 4 is 5.91 Å². The Morgan fingerprint density at radius 2 is 1.89 bits per heavy atom. The summed E-state index contributed by atoms with van der Waals surface area (Å²) in [6, 6.07) is 5.55. The van der Waals surface area contributed by atoms with Gasteiger partial charge in [-0.05, 0) is 37.1 Å². The summed E-state index contributed by atoms with van der Waals surface area (Å²) in [5.74, 6) is -0.406. The van der Waals surface area contributed by atoms with Crippen LogP contribution in [0.1, 0.15) is 42.5 Å². The fourth-order valence-electron chi connectivity index (χ4n) is 2.65. The molecule has 1 fully saturated rings. The Bertz CT molecular complexity index is 419. The third-order valence-corrected chi connectivity index (χ3v) is 3.82. The highest BCUT2D eigenvalue weighted by Crippen LogP contribution is 2.23. The molecular formula is C15H20FNO2. The predicted molar refractivity (Wildman–Crippen MR) is 71.3 cm³/mol. The first kappa shape index (κ1) is 14.0. The van der Waals surface area contributed by atoms with Crippen LogP contribution in [-0.4, -0.2) is 23.7 Å². The molecule has 2 unspecified atom stereocenters. The first-order chi connectivity index (χ1) is 9.20. The third-order valence-electron chi connectivity index (χ3n) is 3.82. The smallest absolute Gasteiger partial charge is 0.251 e. The molecule has 19 heavy (non-hydrogen) atoms. The molecule has 3 nitrogen and oxygen atoms in total. The van der Waals surface area contributed by atoms with E-state index in [2.05, 4.69) is 5.32 Å². The van der Waals surface area contributed by atoms with Crippen LogP contribution < -0.4 is 5.32 Å². The van der Waals surface area contributed by atoms with Crippen molar-refractivity contribution in [1.29, 1.82) is 0 Å². The molecule has 1 aromatic carbocycles. The molecule has 0 aliphatic heterocycles. The normalized spacial score (nSPS) is 23.7. The van der Waals surface area contributed by atoms with E-state index in [9.17, 15) is 14.3 Å². The van der Waals surface area contributed by atoms with E-state index < -0.39 is 0 Å². The summed E-state index contributed by atoms with van der Waals surface area (Å²) in [5.41, 5.74) is 0.460. The van der Waals surface area contributed by atoms with Crippen LogP contribution in [0.5, 0.6) is 0 Å². The molecule has 2 rings (SSSR count). The van der Waals surface area contributed by atoms with E-state index in [4.69, 9.17) is 0 Å². The van der Waals surface area contributed by atoms with Crippen LogP contribution in [0.3, 0.4) is 0 Å². The molecule has 4 heteroatoms. The quantitative estimate of drug-likeness (QED) is 0.825. The maximum absolute atomic E-state index is 12.8. The zero-order chi connectivity index (χ0) is 13.7.